The van der Waals surface area contributed by atoms with Gasteiger partial charge in [-0.1, -0.05) is 42.0 Å². The van der Waals surface area contributed by atoms with Gasteiger partial charge in [0.15, 0.2) is 0 Å². The lowest BCUT2D eigenvalue weighted by Crippen LogP contribution is -2.11. The summed E-state index contributed by atoms with van der Waals surface area (Å²) in [5, 5.41) is 0. The third-order valence-corrected chi connectivity index (χ3v) is 3.45. The molecule has 16 heavy (non-hydrogen) atoms. The zero-order valence-electron chi connectivity index (χ0n) is 9.30. The average molecular weight is 212 g/mol. The molecule has 3 rings (SSSR count). The molecule has 1 saturated carbocycles. The van der Waals surface area contributed by atoms with Gasteiger partial charge >= 0.3 is 0 Å². The van der Waals surface area contributed by atoms with Crippen LogP contribution in [0.15, 0.2) is 54.1 Å². The van der Waals surface area contributed by atoms with Gasteiger partial charge in [0.25, 0.3) is 0 Å². The van der Waals surface area contributed by atoms with E-state index in [1.807, 2.05) is 30.3 Å². The van der Waals surface area contributed by atoms with Gasteiger partial charge in [0.05, 0.1) is 0 Å². The number of rotatable bonds is 2. The van der Waals surface area contributed by atoms with E-state index in [9.17, 15) is 0 Å². The largest absolute Gasteiger partial charge is 0.490 e. The van der Waals surface area contributed by atoms with Gasteiger partial charge in [0.1, 0.15) is 11.9 Å². The summed E-state index contributed by atoms with van der Waals surface area (Å²) in [6, 6.07) is 10.1. The van der Waals surface area contributed by atoms with E-state index in [0.717, 1.165) is 18.1 Å². The van der Waals surface area contributed by atoms with Gasteiger partial charge in [-0.25, -0.2) is 0 Å². The summed E-state index contributed by atoms with van der Waals surface area (Å²) in [4.78, 5) is 0. The molecule has 0 amide bonds. The fourth-order valence-electron chi connectivity index (χ4n) is 2.65. The zero-order valence-corrected chi connectivity index (χ0v) is 9.30. The molecular formula is C15H16O. The molecule has 0 spiro atoms. The molecule has 1 aromatic carbocycles. The molecule has 2 atom stereocenters. The molecule has 0 radical (unpaired) electrons. The summed E-state index contributed by atoms with van der Waals surface area (Å²) in [5.74, 6) is 1.73. The monoisotopic (exact) mass is 212 g/mol. The molecule has 0 heterocycles. The summed E-state index contributed by atoms with van der Waals surface area (Å²) in [6.07, 6.45) is 10.5. The van der Waals surface area contributed by atoms with Crippen LogP contribution >= 0.6 is 0 Å². The lowest BCUT2D eigenvalue weighted by molar-refractivity contribution is 0.205. The SMILES string of the molecule is C1=CCC2CC(Oc3ccccc3)CC2=C1. The van der Waals surface area contributed by atoms with Crippen LogP contribution < -0.4 is 4.74 Å². The van der Waals surface area contributed by atoms with Crippen molar-refractivity contribution >= 4 is 0 Å². The zero-order chi connectivity index (χ0) is 10.8. The number of ether oxygens (including phenoxy) is 1. The Labute approximate surface area is 96.4 Å². The molecule has 0 aliphatic heterocycles. The molecule has 0 saturated heterocycles. The van der Waals surface area contributed by atoms with Crippen molar-refractivity contribution in [3.8, 4) is 5.75 Å². The third-order valence-electron chi connectivity index (χ3n) is 3.45. The van der Waals surface area contributed by atoms with E-state index in [1.165, 1.54) is 12.8 Å². The van der Waals surface area contributed by atoms with E-state index in [1.54, 1.807) is 5.57 Å². The van der Waals surface area contributed by atoms with Gasteiger partial charge in [-0.15, -0.1) is 0 Å². The highest BCUT2D eigenvalue weighted by molar-refractivity contribution is 5.27. The topological polar surface area (TPSA) is 9.23 Å². The van der Waals surface area contributed by atoms with Gasteiger partial charge in [-0.2, -0.15) is 0 Å². The second-order valence-electron chi connectivity index (χ2n) is 4.60. The molecule has 2 aliphatic rings. The Morgan fingerprint density at radius 1 is 1.12 bits per heavy atom. The lowest BCUT2D eigenvalue weighted by Gasteiger charge is -2.13. The number of benzene rings is 1. The van der Waals surface area contributed by atoms with E-state index >= 15 is 0 Å². The standard InChI is InChI=1S/C15H16O/c1-2-8-14(9-3-1)16-15-10-12-6-4-5-7-13(12)11-15/h1-6,8-9,13,15H,7,10-11H2. The van der Waals surface area contributed by atoms with Gasteiger partial charge in [0, 0.05) is 6.42 Å². The van der Waals surface area contributed by atoms with Gasteiger partial charge in [-0.05, 0) is 30.9 Å². The van der Waals surface area contributed by atoms with E-state index in [0.29, 0.717) is 6.10 Å². The lowest BCUT2D eigenvalue weighted by atomic mass is 9.95. The third kappa shape index (κ3) is 1.90. The van der Waals surface area contributed by atoms with Gasteiger partial charge in [0.2, 0.25) is 0 Å². The Morgan fingerprint density at radius 3 is 2.81 bits per heavy atom. The van der Waals surface area contributed by atoms with E-state index < -0.39 is 0 Å². The Hall–Kier alpha value is -1.50. The Morgan fingerprint density at radius 2 is 2.00 bits per heavy atom. The molecule has 82 valence electrons. The molecule has 2 aliphatic carbocycles. The molecule has 0 aromatic heterocycles. The molecule has 0 N–H and O–H groups in total. The summed E-state index contributed by atoms with van der Waals surface area (Å²) in [7, 11) is 0. The van der Waals surface area contributed by atoms with Crippen molar-refractivity contribution < 1.29 is 4.74 Å². The van der Waals surface area contributed by atoms with Gasteiger partial charge in [-0.3, -0.25) is 0 Å². The highest BCUT2D eigenvalue weighted by Crippen LogP contribution is 2.37. The maximum atomic E-state index is 6.00. The molecule has 1 nitrogen and oxygen atoms in total. The van der Waals surface area contributed by atoms with Gasteiger partial charge < -0.3 is 4.74 Å². The van der Waals surface area contributed by atoms with Crippen LogP contribution in [-0.2, 0) is 0 Å². The maximum absolute atomic E-state index is 6.00. The fourth-order valence-corrected chi connectivity index (χ4v) is 2.65. The summed E-state index contributed by atoms with van der Waals surface area (Å²) >= 11 is 0. The predicted molar refractivity (Wildman–Crippen MR) is 65.4 cm³/mol. The van der Waals surface area contributed by atoms with Crippen LogP contribution in [0.2, 0.25) is 0 Å². The van der Waals surface area contributed by atoms with Crippen LogP contribution in [0.25, 0.3) is 0 Å². The fraction of sp³-hybridized carbons (Fsp3) is 0.333. The first-order valence-electron chi connectivity index (χ1n) is 5.99. The second-order valence-corrected chi connectivity index (χ2v) is 4.60. The van der Waals surface area contributed by atoms with Crippen molar-refractivity contribution in [2.24, 2.45) is 5.92 Å². The van der Waals surface area contributed by atoms with Crippen LogP contribution in [0.3, 0.4) is 0 Å². The van der Waals surface area contributed by atoms with Crippen LogP contribution in [-0.4, -0.2) is 6.10 Å². The van der Waals surface area contributed by atoms with Crippen molar-refractivity contribution in [1.82, 2.24) is 0 Å². The van der Waals surface area contributed by atoms with Crippen molar-refractivity contribution in [2.45, 2.75) is 25.4 Å². The van der Waals surface area contributed by atoms with Crippen LogP contribution in [0, 0.1) is 5.92 Å². The van der Waals surface area contributed by atoms with Crippen LogP contribution in [0.5, 0.6) is 5.75 Å². The summed E-state index contributed by atoms with van der Waals surface area (Å²) < 4.78 is 6.00. The Bertz CT molecular complexity index is 416. The van der Waals surface area contributed by atoms with E-state index in [4.69, 9.17) is 4.74 Å². The molecule has 0 bridgehead atoms. The first kappa shape index (κ1) is 9.71. The minimum Gasteiger partial charge on any atom is -0.490 e. The summed E-state index contributed by atoms with van der Waals surface area (Å²) in [6.45, 7) is 0. The Kier molecular flexibility index (Phi) is 2.53. The van der Waals surface area contributed by atoms with E-state index in [-0.39, 0.29) is 0 Å². The van der Waals surface area contributed by atoms with E-state index in [2.05, 4.69) is 18.2 Å². The molecule has 1 heteroatoms. The maximum Gasteiger partial charge on any atom is 0.119 e. The van der Waals surface area contributed by atoms with Crippen LogP contribution in [0.1, 0.15) is 19.3 Å². The highest BCUT2D eigenvalue weighted by Gasteiger charge is 2.30. The number of fused-ring (bicyclic) bond motifs is 1. The van der Waals surface area contributed by atoms with Crippen molar-refractivity contribution in [1.29, 1.82) is 0 Å². The normalized spacial score (nSPS) is 27.4. The van der Waals surface area contributed by atoms with Crippen molar-refractivity contribution in [2.75, 3.05) is 0 Å². The number of hydrogen-bond acceptors (Lipinski definition) is 1. The van der Waals surface area contributed by atoms with Crippen LogP contribution in [0.4, 0.5) is 0 Å². The number of para-hydroxylation sites is 1. The minimum absolute atomic E-state index is 0.374. The van der Waals surface area contributed by atoms with Crippen molar-refractivity contribution in [3.05, 3.63) is 54.1 Å². The predicted octanol–water partition coefficient (Wildman–Crippen LogP) is 3.73. The number of allylic oxidation sites excluding steroid dienone is 3. The van der Waals surface area contributed by atoms with Crippen molar-refractivity contribution in [3.63, 3.8) is 0 Å². The summed E-state index contributed by atoms with van der Waals surface area (Å²) in [5.41, 5.74) is 1.57. The Balaban J connectivity index is 1.67. The highest BCUT2D eigenvalue weighted by atomic mass is 16.5. The second kappa shape index (κ2) is 4.17. The molecular weight excluding hydrogens is 196 g/mol. The smallest absolute Gasteiger partial charge is 0.119 e. The molecule has 1 aromatic rings. The number of hydrogen-bond donors (Lipinski definition) is 0. The molecule has 1 fully saturated rings. The first-order valence-corrected chi connectivity index (χ1v) is 5.99. The first-order chi connectivity index (χ1) is 7.92. The minimum atomic E-state index is 0.374. The average Bonchev–Trinajstić information content (AvgIpc) is 2.72. The quantitative estimate of drug-likeness (QED) is 0.725. The molecule has 2 unspecified atom stereocenters.